The molecule has 1 aromatic carbocycles. The van der Waals surface area contributed by atoms with E-state index in [1.165, 1.54) is 9.80 Å². The number of guanidine groups is 1. The topological polar surface area (TPSA) is 299 Å². The molecule has 3 rings (SSSR count). The van der Waals surface area contributed by atoms with Crippen LogP contribution in [0.3, 0.4) is 0 Å². The summed E-state index contributed by atoms with van der Waals surface area (Å²) in [6, 6.07) is 3.37. The first-order valence-corrected chi connectivity index (χ1v) is 16.1. The van der Waals surface area contributed by atoms with Crippen molar-refractivity contribution in [2.24, 2.45) is 27.9 Å². The van der Waals surface area contributed by atoms with Gasteiger partial charge in [-0.2, -0.15) is 0 Å². The molecule has 0 spiro atoms. The van der Waals surface area contributed by atoms with Gasteiger partial charge in [-0.25, -0.2) is 4.79 Å². The lowest BCUT2D eigenvalue weighted by Crippen LogP contribution is -2.58. The number of rotatable bonds is 17. The number of nitrogens with zero attached hydrogens (tertiary/aromatic N) is 3. The maximum Gasteiger partial charge on any atom is 0.326 e. The molecule has 0 aliphatic carbocycles. The molecule has 1 aromatic rings. The predicted octanol–water partition coefficient (Wildman–Crippen LogP) is -3.36. The van der Waals surface area contributed by atoms with E-state index in [9.17, 15) is 38.7 Å². The molecule has 5 atom stereocenters. The standard InChI is InChI=1S/C31H46N10O8/c32-19(15-18-7-2-1-3-8-18)26(44)39-21(16-24(33)42)29(47)41-14-5-10-22(41)28(46)38-20(9-4-12-36-31(34)35)27(45)37-17-25(43)40-13-6-11-23(40)30(48)49/h1-3,7-8,19-23H,4-6,9-17,32H2,(H2,33,42)(H,37,45)(H,38,46)(H,39,44)(H,48,49)(H4,34,35,36)/t19-,20-,21-,22-,23-/m0/s1. The smallest absolute Gasteiger partial charge is 0.326 e. The van der Waals surface area contributed by atoms with Crippen LogP contribution < -0.4 is 38.9 Å². The lowest BCUT2D eigenvalue weighted by Gasteiger charge is -2.30. The maximum absolute atomic E-state index is 13.7. The molecular formula is C31H46N10O8. The molecular weight excluding hydrogens is 640 g/mol. The van der Waals surface area contributed by atoms with Gasteiger partial charge in [-0.3, -0.25) is 33.8 Å². The fourth-order valence-electron chi connectivity index (χ4n) is 5.89. The van der Waals surface area contributed by atoms with Crippen molar-refractivity contribution in [1.82, 2.24) is 25.8 Å². The number of nitrogens with one attached hydrogen (secondary N) is 3. The van der Waals surface area contributed by atoms with Crippen LogP contribution >= 0.6 is 0 Å². The molecule has 0 radical (unpaired) electrons. The summed E-state index contributed by atoms with van der Waals surface area (Å²) in [5.41, 5.74) is 23.0. The molecule has 2 aliphatic rings. The number of benzene rings is 1. The third-order valence-electron chi connectivity index (χ3n) is 8.34. The van der Waals surface area contributed by atoms with Gasteiger partial charge in [0, 0.05) is 19.6 Å². The minimum Gasteiger partial charge on any atom is -0.480 e. The van der Waals surface area contributed by atoms with Crippen LogP contribution in [0.4, 0.5) is 0 Å². The fraction of sp³-hybridized carbons (Fsp3) is 0.548. The van der Waals surface area contributed by atoms with E-state index in [2.05, 4.69) is 20.9 Å². The molecule has 2 saturated heterocycles. The third-order valence-corrected chi connectivity index (χ3v) is 8.34. The summed E-state index contributed by atoms with van der Waals surface area (Å²) >= 11 is 0. The highest BCUT2D eigenvalue weighted by molar-refractivity contribution is 5.97. The van der Waals surface area contributed by atoms with E-state index in [1.54, 1.807) is 24.3 Å². The average molecular weight is 687 g/mol. The molecule has 0 bridgehead atoms. The lowest BCUT2D eigenvalue weighted by atomic mass is 10.0. The highest BCUT2D eigenvalue weighted by Crippen LogP contribution is 2.20. The van der Waals surface area contributed by atoms with Crippen molar-refractivity contribution in [3.05, 3.63) is 35.9 Å². The number of carboxylic acid groups (broad SMARTS) is 1. The Morgan fingerprint density at radius 1 is 0.878 bits per heavy atom. The Hall–Kier alpha value is -5.26. The Morgan fingerprint density at radius 2 is 1.53 bits per heavy atom. The summed E-state index contributed by atoms with van der Waals surface area (Å²) in [5.74, 6) is -5.50. The minimum atomic E-state index is -1.38. The number of carbonyl (C=O) groups excluding carboxylic acids is 6. The summed E-state index contributed by atoms with van der Waals surface area (Å²) in [4.78, 5) is 95.8. The molecule has 2 aliphatic heterocycles. The number of carbonyl (C=O) groups is 7. The van der Waals surface area contributed by atoms with Gasteiger partial charge in [0.1, 0.15) is 24.2 Å². The second-order valence-corrected chi connectivity index (χ2v) is 12.0. The van der Waals surface area contributed by atoms with Gasteiger partial charge >= 0.3 is 5.97 Å². The third kappa shape index (κ3) is 11.4. The molecule has 18 heteroatoms. The van der Waals surface area contributed by atoms with Gasteiger partial charge in [0.2, 0.25) is 35.4 Å². The molecule has 268 valence electrons. The van der Waals surface area contributed by atoms with Crippen LogP contribution in [-0.2, 0) is 40.0 Å². The van der Waals surface area contributed by atoms with Crippen LogP contribution in [0.1, 0.15) is 50.5 Å². The van der Waals surface area contributed by atoms with Gasteiger partial charge in [-0.1, -0.05) is 30.3 Å². The van der Waals surface area contributed by atoms with Crippen molar-refractivity contribution >= 4 is 47.4 Å². The number of carboxylic acids is 1. The summed E-state index contributed by atoms with van der Waals surface area (Å²) < 4.78 is 0. The average Bonchev–Trinajstić information content (AvgIpc) is 3.75. The molecule has 0 saturated carbocycles. The number of likely N-dealkylation sites (tertiary alicyclic amines) is 2. The Labute approximate surface area is 283 Å². The second-order valence-electron chi connectivity index (χ2n) is 12.0. The zero-order chi connectivity index (χ0) is 36.1. The van der Waals surface area contributed by atoms with Gasteiger partial charge in [0.05, 0.1) is 19.0 Å². The highest BCUT2D eigenvalue weighted by atomic mass is 16.4. The van der Waals surface area contributed by atoms with Gasteiger partial charge in [-0.15, -0.1) is 0 Å². The van der Waals surface area contributed by atoms with Crippen LogP contribution in [0.15, 0.2) is 35.3 Å². The zero-order valence-electron chi connectivity index (χ0n) is 27.2. The Bertz CT molecular complexity index is 1400. The molecule has 2 fully saturated rings. The van der Waals surface area contributed by atoms with Gasteiger partial charge in [-0.05, 0) is 50.5 Å². The Kier molecular flexibility index (Phi) is 14.3. The molecule has 0 unspecified atom stereocenters. The van der Waals surface area contributed by atoms with Crippen LogP contribution in [-0.4, -0.2) is 119 Å². The van der Waals surface area contributed by atoms with Crippen molar-refractivity contribution in [1.29, 1.82) is 0 Å². The van der Waals surface area contributed by atoms with E-state index in [0.717, 1.165) is 5.56 Å². The van der Waals surface area contributed by atoms with Crippen molar-refractivity contribution in [2.75, 3.05) is 26.2 Å². The molecule has 18 nitrogen and oxygen atoms in total. The van der Waals surface area contributed by atoms with Crippen molar-refractivity contribution < 1.29 is 38.7 Å². The van der Waals surface area contributed by atoms with Crippen molar-refractivity contribution in [3.63, 3.8) is 0 Å². The first kappa shape index (κ1) is 38.2. The number of hydrogen-bond donors (Lipinski definition) is 8. The van der Waals surface area contributed by atoms with E-state index in [0.29, 0.717) is 19.3 Å². The number of primary amides is 1. The largest absolute Gasteiger partial charge is 0.480 e. The van der Waals surface area contributed by atoms with Gasteiger partial charge in [0.25, 0.3) is 0 Å². The van der Waals surface area contributed by atoms with Crippen LogP contribution in [0, 0.1) is 0 Å². The number of aliphatic carboxylic acids is 1. The van der Waals surface area contributed by atoms with Gasteiger partial charge < -0.3 is 53.8 Å². The fourth-order valence-corrected chi connectivity index (χ4v) is 5.89. The monoisotopic (exact) mass is 686 g/mol. The second kappa shape index (κ2) is 18.3. The number of amides is 6. The predicted molar refractivity (Wildman–Crippen MR) is 176 cm³/mol. The Morgan fingerprint density at radius 3 is 2.16 bits per heavy atom. The normalized spacial score (nSPS) is 18.9. The summed E-state index contributed by atoms with van der Waals surface area (Å²) in [6.45, 7) is 0.0301. The molecule has 6 amide bonds. The SMILES string of the molecule is NC(=O)C[C@H](NC(=O)[C@@H](N)Cc1ccccc1)C(=O)N1CCC[C@H]1C(=O)N[C@@H](CCCN=C(N)N)C(=O)NCC(=O)N1CCC[C@H]1C(=O)O. The summed E-state index contributed by atoms with van der Waals surface area (Å²) in [5, 5.41) is 17.0. The van der Waals surface area contributed by atoms with Crippen LogP contribution in [0.2, 0.25) is 0 Å². The highest BCUT2D eigenvalue weighted by Gasteiger charge is 2.40. The molecule has 49 heavy (non-hydrogen) atoms. The number of hydrogen-bond acceptors (Lipinski definition) is 9. The summed E-state index contributed by atoms with van der Waals surface area (Å²) in [7, 11) is 0. The summed E-state index contributed by atoms with van der Waals surface area (Å²) in [6.07, 6.45) is 1.44. The van der Waals surface area contributed by atoms with Crippen molar-refractivity contribution in [2.45, 2.75) is 81.6 Å². The van der Waals surface area contributed by atoms with E-state index in [4.69, 9.17) is 22.9 Å². The van der Waals surface area contributed by atoms with Crippen molar-refractivity contribution in [3.8, 4) is 0 Å². The molecule has 2 heterocycles. The quantitative estimate of drug-likeness (QED) is 0.0455. The first-order valence-electron chi connectivity index (χ1n) is 16.1. The Balaban J connectivity index is 1.68. The molecule has 0 aromatic heterocycles. The van der Waals surface area contributed by atoms with E-state index < -0.39 is 84.6 Å². The number of aliphatic imine (C=N–C) groups is 1. The van der Waals surface area contributed by atoms with Gasteiger partial charge in [0.15, 0.2) is 5.96 Å². The first-order chi connectivity index (χ1) is 23.3. The van der Waals surface area contributed by atoms with E-state index >= 15 is 0 Å². The zero-order valence-corrected chi connectivity index (χ0v) is 27.2. The van der Waals surface area contributed by atoms with E-state index in [-0.39, 0.29) is 51.3 Å². The van der Waals surface area contributed by atoms with E-state index in [1.807, 2.05) is 6.07 Å². The molecule has 12 N–H and O–H groups in total. The van der Waals surface area contributed by atoms with Crippen LogP contribution in [0.5, 0.6) is 0 Å². The van der Waals surface area contributed by atoms with Crippen LogP contribution in [0.25, 0.3) is 0 Å². The lowest BCUT2D eigenvalue weighted by molar-refractivity contribution is -0.148. The minimum absolute atomic E-state index is 0.0599. The maximum atomic E-state index is 13.7. The number of nitrogens with two attached hydrogens (primary N) is 4.